The van der Waals surface area contributed by atoms with Gasteiger partial charge < -0.3 is 9.30 Å². The Balaban J connectivity index is 1.93. The van der Waals surface area contributed by atoms with Gasteiger partial charge in [-0.25, -0.2) is 4.98 Å². The van der Waals surface area contributed by atoms with E-state index in [0.717, 1.165) is 19.3 Å². The molecule has 5 heteroatoms. The Labute approximate surface area is 124 Å². The van der Waals surface area contributed by atoms with Crippen LogP contribution in [-0.4, -0.2) is 27.9 Å². The molecular formula is C16H22N2O3. The lowest BCUT2D eigenvalue weighted by Crippen LogP contribution is -2.61. The van der Waals surface area contributed by atoms with E-state index in [0.29, 0.717) is 18.3 Å². The summed E-state index contributed by atoms with van der Waals surface area (Å²) in [4.78, 5) is 29.5. The summed E-state index contributed by atoms with van der Waals surface area (Å²) < 4.78 is 7.00. The number of ether oxygens (including phenoxy) is 1. The highest BCUT2D eigenvalue weighted by atomic mass is 16.5. The Hall–Kier alpha value is -1.65. The highest BCUT2D eigenvalue weighted by Gasteiger charge is 2.67. The maximum Gasteiger partial charge on any atom is 0.312 e. The number of rotatable bonds is 4. The van der Waals surface area contributed by atoms with Gasteiger partial charge in [0, 0.05) is 25.4 Å². The Morgan fingerprint density at radius 3 is 2.86 bits per heavy atom. The molecular weight excluding hydrogens is 268 g/mol. The summed E-state index contributed by atoms with van der Waals surface area (Å²) in [5.74, 6) is 0.516. The summed E-state index contributed by atoms with van der Waals surface area (Å²) in [6.07, 6.45) is 6.53. The van der Waals surface area contributed by atoms with E-state index in [1.165, 1.54) is 0 Å². The molecule has 0 radical (unpaired) electrons. The molecule has 21 heavy (non-hydrogen) atoms. The monoisotopic (exact) mass is 290 g/mol. The molecule has 0 spiro atoms. The lowest BCUT2D eigenvalue weighted by atomic mass is 9.47. The smallest absolute Gasteiger partial charge is 0.312 e. The number of Topliss-reactive ketones (excluding diaryl/α,β-unsaturated/α-hetero) is 1. The van der Waals surface area contributed by atoms with Gasteiger partial charge in [0.05, 0.1) is 12.0 Å². The molecule has 114 valence electrons. The van der Waals surface area contributed by atoms with Crippen molar-refractivity contribution in [1.29, 1.82) is 0 Å². The van der Waals surface area contributed by atoms with Crippen molar-refractivity contribution in [2.75, 3.05) is 6.61 Å². The van der Waals surface area contributed by atoms with E-state index >= 15 is 0 Å². The van der Waals surface area contributed by atoms with Crippen LogP contribution < -0.4 is 0 Å². The average Bonchev–Trinajstić information content (AvgIpc) is 3.05. The first kappa shape index (κ1) is 14.3. The third-order valence-corrected chi connectivity index (χ3v) is 5.45. The molecule has 4 atom stereocenters. The van der Waals surface area contributed by atoms with Crippen molar-refractivity contribution in [3.05, 3.63) is 18.2 Å². The number of aromatic nitrogens is 2. The minimum atomic E-state index is -0.680. The maximum atomic E-state index is 12.9. The molecule has 0 aliphatic heterocycles. The molecule has 1 heterocycles. The minimum Gasteiger partial charge on any atom is -0.466 e. The molecule has 0 unspecified atom stereocenters. The molecule has 1 aromatic heterocycles. The van der Waals surface area contributed by atoms with Gasteiger partial charge in [-0.15, -0.1) is 0 Å². The van der Waals surface area contributed by atoms with Crippen molar-refractivity contribution in [3.8, 4) is 0 Å². The van der Waals surface area contributed by atoms with E-state index in [-0.39, 0.29) is 23.6 Å². The van der Waals surface area contributed by atoms with Crippen molar-refractivity contribution < 1.29 is 14.3 Å². The molecule has 0 aromatic carbocycles. The van der Waals surface area contributed by atoms with Crippen LogP contribution in [0.3, 0.4) is 0 Å². The molecule has 0 amide bonds. The highest BCUT2D eigenvalue weighted by molar-refractivity contribution is 6.00. The fourth-order valence-electron chi connectivity index (χ4n) is 4.46. The second kappa shape index (κ2) is 4.97. The molecule has 1 aromatic rings. The van der Waals surface area contributed by atoms with E-state index < -0.39 is 5.41 Å². The van der Waals surface area contributed by atoms with Crippen LogP contribution in [-0.2, 0) is 16.6 Å². The quantitative estimate of drug-likeness (QED) is 0.630. The van der Waals surface area contributed by atoms with Gasteiger partial charge >= 0.3 is 5.97 Å². The van der Waals surface area contributed by atoms with Crippen LogP contribution in [0.15, 0.2) is 12.4 Å². The number of aryl methyl sites for hydroxylation is 1. The largest absolute Gasteiger partial charge is 0.466 e. The summed E-state index contributed by atoms with van der Waals surface area (Å²) in [7, 11) is 1.81. The molecule has 3 rings (SSSR count). The van der Waals surface area contributed by atoms with Crippen molar-refractivity contribution >= 4 is 11.8 Å². The molecule has 2 fully saturated rings. The first-order chi connectivity index (χ1) is 10.0. The first-order valence-corrected chi connectivity index (χ1v) is 7.70. The van der Waals surface area contributed by atoms with Crippen molar-refractivity contribution in [2.24, 2.45) is 30.2 Å². The van der Waals surface area contributed by atoms with Crippen LogP contribution in [0.1, 0.15) is 43.7 Å². The number of imidazole rings is 1. The third-order valence-electron chi connectivity index (χ3n) is 5.45. The predicted octanol–water partition coefficient (Wildman–Crippen LogP) is 2.22. The van der Waals surface area contributed by atoms with Gasteiger partial charge in [-0.1, -0.05) is 6.42 Å². The Morgan fingerprint density at radius 2 is 2.24 bits per heavy atom. The van der Waals surface area contributed by atoms with E-state index in [1.54, 1.807) is 17.0 Å². The number of ketones is 1. The van der Waals surface area contributed by atoms with Gasteiger partial charge in [-0.2, -0.15) is 0 Å². The van der Waals surface area contributed by atoms with E-state index in [4.69, 9.17) is 4.74 Å². The lowest BCUT2D eigenvalue weighted by Gasteiger charge is -2.54. The van der Waals surface area contributed by atoms with E-state index in [1.807, 2.05) is 20.9 Å². The zero-order valence-corrected chi connectivity index (χ0v) is 12.8. The SMILES string of the molecule is CCOC(=O)[C@@]1(C)[C@@H]2CCC[C@@H]2[C@H]1C(=O)c1nccn1C. The van der Waals surface area contributed by atoms with Crippen molar-refractivity contribution in [3.63, 3.8) is 0 Å². The topological polar surface area (TPSA) is 61.2 Å². The van der Waals surface area contributed by atoms with E-state index in [2.05, 4.69) is 4.98 Å². The summed E-state index contributed by atoms with van der Waals surface area (Å²) >= 11 is 0. The van der Waals surface area contributed by atoms with E-state index in [9.17, 15) is 9.59 Å². The maximum absolute atomic E-state index is 12.9. The van der Waals surface area contributed by atoms with Gasteiger partial charge in [0.1, 0.15) is 0 Å². The second-order valence-electron chi connectivity index (χ2n) is 6.41. The number of esters is 1. The Kier molecular flexibility index (Phi) is 3.38. The van der Waals surface area contributed by atoms with Crippen LogP contribution in [0.2, 0.25) is 0 Å². The molecule has 2 aliphatic rings. The number of carbonyl (C=O) groups is 2. The van der Waals surface area contributed by atoms with Crippen LogP contribution in [0.4, 0.5) is 0 Å². The average molecular weight is 290 g/mol. The van der Waals surface area contributed by atoms with Crippen molar-refractivity contribution in [1.82, 2.24) is 9.55 Å². The van der Waals surface area contributed by atoms with Crippen LogP contribution in [0.5, 0.6) is 0 Å². The van der Waals surface area contributed by atoms with Gasteiger partial charge in [-0.05, 0) is 38.5 Å². The number of carbonyl (C=O) groups excluding carboxylic acids is 2. The number of hydrogen-bond donors (Lipinski definition) is 0. The molecule has 2 saturated carbocycles. The summed E-state index contributed by atoms with van der Waals surface area (Å²) in [6.45, 7) is 4.07. The zero-order chi connectivity index (χ0) is 15.2. The minimum absolute atomic E-state index is 0.0128. The number of hydrogen-bond acceptors (Lipinski definition) is 4. The van der Waals surface area contributed by atoms with Gasteiger partial charge in [0.2, 0.25) is 5.78 Å². The van der Waals surface area contributed by atoms with Gasteiger partial charge in [0.15, 0.2) is 5.82 Å². The van der Waals surface area contributed by atoms with Crippen LogP contribution in [0, 0.1) is 23.2 Å². The highest BCUT2D eigenvalue weighted by Crippen LogP contribution is 2.64. The first-order valence-electron chi connectivity index (χ1n) is 7.70. The Bertz CT molecular complexity index is 580. The fourth-order valence-corrected chi connectivity index (χ4v) is 4.46. The number of fused-ring (bicyclic) bond motifs is 1. The Morgan fingerprint density at radius 1 is 1.48 bits per heavy atom. The second-order valence-corrected chi connectivity index (χ2v) is 6.41. The number of nitrogens with zero attached hydrogens (tertiary/aromatic N) is 2. The van der Waals surface area contributed by atoms with Gasteiger partial charge in [-0.3, -0.25) is 9.59 Å². The summed E-state index contributed by atoms with van der Waals surface area (Å²) in [5.41, 5.74) is -0.680. The molecule has 5 nitrogen and oxygen atoms in total. The molecule has 2 aliphatic carbocycles. The molecule has 0 N–H and O–H groups in total. The molecule has 0 bridgehead atoms. The molecule has 0 saturated heterocycles. The summed E-state index contributed by atoms with van der Waals surface area (Å²) in [6, 6.07) is 0. The predicted molar refractivity (Wildman–Crippen MR) is 76.6 cm³/mol. The standard InChI is InChI=1S/C16H22N2O3/c1-4-21-15(20)16(2)11-7-5-6-10(11)12(16)13(19)14-17-8-9-18(14)3/h8-12H,4-7H2,1-3H3/t10-,11+,12-,16-/m0/s1. The third kappa shape index (κ3) is 1.86. The fraction of sp³-hybridized carbons (Fsp3) is 0.688. The van der Waals surface area contributed by atoms with Crippen LogP contribution in [0.25, 0.3) is 0 Å². The lowest BCUT2D eigenvalue weighted by molar-refractivity contribution is -0.178. The van der Waals surface area contributed by atoms with Crippen LogP contribution >= 0.6 is 0 Å². The van der Waals surface area contributed by atoms with Gasteiger partial charge in [0.25, 0.3) is 0 Å². The van der Waals surface area contributed by atoms with Crippen molar-refractivity contribution in [2.45, 2.75) is 33.1 Å². The normalized spacial score (nSPS) is 34.1. The summed E-state index contributed by atoms with van der Waals surface area (Å²) in [5, 5.41) is 0. The zero-order valence-electron chi connectivity index (χ0n) is 12.8.